The lowest BCUT2D eigenvalue weighted by Gasteiger charge is -2.34. The largest absolute Gasteiger partial charge is 0.449 e. The Hall–Kier alpha value is -2.82. The highest BCUT2D eigenvalue weighted by Crippen LogP contribution is 2.21. The predicted octanol–water partition coefficient (Wildman–Crippen LogP) is 2.49. The van der Waals surface area contributed by atoms with Gasteiger partial charge in [-0.25, -0.2) is 17.6 Å². The molecule has 1 amide bonds. The quantitative estimate of drug-likeness (QED) is 0.614. The molecule has 0 aromatic heterocycles. The molecule has 1 heterocycles. The van der Waals surface area contributed by atoms with E-state index >= 15 is 0 Å². The van der Waals surface area contributed by atoms with Crippen LogP contribution in [0.4, 0.5) is 4.39 Å². The monoisotopic (exact) mass is 478 g/mol. The van der Waals surface area contributed by atoms with Gasteiger partial charge in [0.1, 0.15) is 5.82 Å². The minimum Gasteiger partial charge on any atom is -0.449 e. The molecule has 3 rings (SSSR count). The van der Waals surface area contributed by atoms with E-state index in [1.165, 1.54) is 47.6 Å². The van der Waals surface area contributed by atoms with Gasteiger partial charge in [0.05, 0.1) is 22.7 Å². The number of hydrogen-bond donors (Lipinski definition) is 1. The molecule has 1 aliphatic rings. The molecular formula is C23H27FN2O6S. The van der Waals surface area contributed by atoms with Crippen molar-refractivity contribution in [1.82, 2.24) is 9.62 Å². The predicted molar refractivity (Wildman–Crippen MR) is 118 cm³/mol. The Morgan fingerprint density at radius 2 is 1.67 bits per heavy atom. The van der Waals surface area contributed by atoms with Crippen molar-refractivity contribution in [2.24, 2.45) is 0 Å². The van der Waals surface area contributed by atoms with Crippen molar-refractivity contribution < 1.29 is 31.9 Å². The summed E-state index contributed by atoms with van der Waals surface area (Å²) in [6, 6.07) is 11.0. The van der Waals surface area contributed by atoms with E-state index in [0.29, 0.717) is 5.56 Å². The van der Waals surface area contributed by atoms with Crippen LogP contribution in [0.2, 0.25) is 0 Å². The van der Waals surface area contributed by atoms with E-state index in [9.17, 15) is 22.4 Å². The average molecular weight is 479 g/mol. The number of esters is 1. The molecule has 1 N–H and O–H groups in total. The standard InChI is InChI=1S/C23H27FN2O6S/c1-15-13-26(14-16(2)31-15)33(29,30)21-10-6-19(7-11-21)23(28)32-17(3)22(27)25-12-18-4-8-20(24)9-5-18/h4-11,15-17H,12-14H2,1-3H3,(H,25,27). The number of benzene rings is 2. The van der Waals surface area contributed by atoms with Crippen molar-refractivity contribution >= 4 is 21.9 Å². The molecule has 10 heteroatoms. The van der Waals surface area contributed by atoms with Crippen molar-refractivity contribution in [2.45, 2.75) is 50.5 Å². The van der Waals surface area contributed by atoms with Crippen molar-refractivity contribution in [3.05, 3.63) is 65.5 Å². The summed E-state index contributed by atoms with van der Waals surface area (Å²) >= 11 is 0. The third kappa shape index (κ3) is 6.37. The Labute approximate surface area is 192 Å². The SMILES string of the molecule is CC1CN(S(=O)(=O)c2ccc(C(=O)OC(C)C(=O)NCc3ccc(F)cc3)cc2)CC(C)O1. The van der Waals surface area contributed by atoms with E-state index in [4.69, 9.17) is 9.47 Å². The Kier molecular flexibility index (Phi) is 7.83. The summed E-state index contributed by atoms with van der Waals surface area (Å²) in [5, 5.41) is 2.61. The molecule has 0 radical (unpaired) electrons. The van der Waals surface area contributed by atoms with Gasteiger partial charge in [-0.2, -0.15) is 4.31 Å². The lowest BCUT2D eigenvalue weighted by molar-refractivity contribution is -0.129. The highest BCUT2D eigenvalue weighted by molar-refractivity contribution is 7.89. The summed E-state index contributed by atoms with van der Waals surface area (Å²) in [4.78, 5) is 24.7. The third-order valence-electron chi connectivity index (χ3n) is 5.15. The molecule has 178 valence electrons. The maximum Gasteiger partial charge on any atom is 0.338 e. The molecule has 3 atom stereocenters. The van der Waals surface area contributed by atoms with Gasteiger partial charge in [-0.15, -0.1) is 0 Å². The zero-order chi connectivity index (χ0) is 24.2. The van der Waals surface area contributed by atoms with Crippen molar-refractivity contribution in [3.8, 4) is 0 Å². The zero-order valence-corrected chi connectivity index (χ0v) is 19.5. The Bertz CT molecular complexity index is 1080. The summed E-state index contributed by atoms with van der Waals surface area (Å²) in [7, 11) is -3.73. The molecule has 33 heavy (non-hydrogen) atoms. The van der Waals surface area contributed by atoms with E-state index in [0.717, 1.165) is 0 Å². The van der Waals surface area contributed by atoms with Gasteiger partial charge < -0.3 is 14.8 Å². The Morgan fingerprint density at radius 3 is 2.24 bits per heavy atom. The fourth-order valence-electron chi connectivity index (χ4n) is 3.46. The van der Waals surface area contributed by atoms with Crippen LogP contribution in [-0.4, -0.2) is 56.0 Å². The van der Waals surface area contributed by atoms with E-state index in [2.05, 4.69) is 5.32 Å². The van der Waals surface area contributed by atoms with Crippen LogP contribution in [0.25, 0.3) is 0 Å². The molecule has 2 aromatic carbocycles. The molecule has 1 saturated heterocycles. The lowest BCUT2D eigenvalue weighted by Crippen LogP contribution is -2.48. The molecule has 1 aliphatic heterocycles. The normalized spacial score (nSPS) is 20.1. The highest BCUT2D eigenvalue weighted by atomic mass is 32.2. The zero-order valence-electron chi connectivity index (χ0n) is 18.7. The second kappa shape index (κ2) is 10.4. The molecule has 3 unspecified atom stereocenters. The number of amides is 1. The van der Waals surface area contributed by atoms with Crippen molar-refractivity contribution in [3.63, 3.8) is 0 Å². The summed E-state index contributed by atoms with van der Waals surface area (Å²) in [5.41, 5.74) is 0.819. The number of nitrogens with one attached hydrogen (secondary N) is 1. The number of nitrogens with zero attached hydrogens (tertiary/aromatic N) is 1. The van der Waals surface area contributed by atoms with Crippen LogP contribution in [0.1, 0.15) is 36.7 Å². The van der Waals surface area contributed by atoms with Gasteiger partial charge in [-0.3, -0.25) is 4.79 Å². The first kappa shape index (κ1) is 24.8. The summed E-state index contributed by atoms with van der Waals surface area (Å²) in [6.45, 7) is 5.72. The van der Waals surface area contributed by atoms with Crippen LogP contribution in [0.3, 0.4) is 0 Å². The van der Waals surface area contributed by atoms with E-state index in [1.807, 2.05) is 13.8 Å². The van der Waals surface area contributed by atoms with Gasteiger partial charge in [-0.1, -0.05) is 12.1 Å². The van der Waals surface area contributed by atoms with Crippen molar-refractivity contribution in [2.75, 3.05) is 13.1 Å². The number of ether oxygens (including phenoxy) is 2. The van der Waals surface area contributed by atoms with E-state index in [1.54, 1.807) is 12.1 Å². The number of rotatable bonds is 7. The molecule has 2 aromatic rings. The maximum atomic E-state index is 12.9. The topological polar surface area (TPSA) is 102 Å². The Morgan fingerprint density at radius 1 is 1.09 bits per heavy atom. The number of carbonyl (C=O) groups is 2. The van der Waals surface area contributed by atoms with Crippen LogP contribution >= 0.6 is 0 Å². The molecule has 1 fully saturated rings. The van der Waals surface area contributed by atoms with E-state index in [-0.39, 0.29) is 48.1 Å². The van der Waals surface area contributed by atoms with Crippen LogP contribution in [0.15, 0.2) is 53.4 Å². The third-order valence-corrected chi connectivity index (χ3v) is 6.99. The molecule has 0 aliphatic carbocycles. The van der Waals surface area contributed by atoms with Crippen LogP contribution in [-0.2, 0) is 30.8 Å². The number of carbonyl (C=O) groups excluding carboxylic acids is 2. The summed E-state index contributed by atoms with van der Waals surface area (Å²) in [6.07, 6.45) is -1.50. The van der Waals surface area contributed by atoms with Crippen molar-refractivity contribution in [1.29, 1.82) is 0 Å². The average Bonchev–Trinajstić information content (AvgIpc) is 2.77. The van der Waals surface area contributed by atoms with Gasteiger partial charge in [-0.05, 0) is 62.7 Å². The van der Waals surface area contributed by atoms with Crippen LogP contribution < -0.4 is 5.32 Å². The minimum absolute atomic E-state index is 0.0606. The molecular weight excluding hydrogens is 451 g/mol. The Balaban J connectivity index is 1.58. The van der Waals surface area contributed by atoms with Crippen LogP contribution in [0, 0.1) is 5.82 Å². The number of halogens is 1. The van der Waals surface area contributed by atoms with Gasteiger partial charge in [0.2, 0.25) is 10.0 Å². The minimum atomic E-state index is -3.73. The summed E-state index contributed by atoms with van der Waals surface area (Å²) in [5.74, 6) is -1.64. The maximum absolute atomic E-state index is 12.9. The second-order valence-corrected chi connectivity index (χ2v) is 9.93. The molecule has 0 bridgehead atoms. The fourth-order valence-corrected chi connectivity index (χ4v) is 5.05. The molecule has 0 saturated carbocycles. The highest BCUT2D eigenvalue weighted by Gasteiger charge is 2.32. The number of hydrogen-bond acceptors (Lipinski definition) is 6. The summed E-state index contributed by atoms with van der Waals surface area (Å²) < 4.78 is 50.9. The number of morpholine rings is 1. The van der Waals surface area contributed by atoms with Gasteiger partial charge in [0, 0.05) is 19.6 Å². The van der Waals surface area contributed by atoms with Gasteiger partial charge in [0.25, 0.3) is 5.91 Å². The first-order chi connectivity index (χ1) is 15.6. The number of sulfonamides is 1. The first-order valence-corrected chi connectivity index (χ1v) is 12.0. The molecule has 0 spiro atoms. The molecule has 8 nitrogen and oxygen atoms in total. The van der Waals surface area contributed by atoms with Gasteiger partial charge in [0.15, 0.2) is 6.10 Å². The first-order valence-electron chi connectivity index (χ1n) is 10.5. The smallest absolute Gasteiger partial charge is 0.338 e. The lowest BCUT2D eigenvalue weighted by atomic mass is 10.2. The second-order valence-electron chi connectivity index (χ2n) is 8.00. The van der Waals surface area contributed by atoms with Gasteiger partial charge >= 0.3 is 5.97 Å². The van der Waals surface area contributed by atoms with Crippen LogP contribution in [0.5, 0.6) is 0 Å². The van der Waals surface area contributed by atoms with E-state index < -0.39 is 28.0 Å². The fraction of sp³-hybridized carbons (Fsp3) is 0.391.